The Morgan fingerprint density at radius 3 is 2.57 bits per heavy atom. The summed E-state index contributed by atoms with van der Waals surface area (Å²) in [6.07, 6.45) is 0. The molecule has 0 saturated carbocycles. The van der Waals surface area contributed by atoms with Crippen LogP contribution in [0, 0.1) is 5.92 Å². The maximum Gasteiger partial charge on any atom is 0.325 e. The monoisotopic (exact) mass is 200 g/mol. The summed E-state index contributed by atoms with van der Waals surface area (Å²) in [5.74, 6) is -1.65. The molecule has 1 heterocycles. The number of carboxylic acids is 1. The van der Waals surface area contributed by atoms with Crippen molar-refractivity contribution in [3.63, 3.8) is 0 Å². The van der Waals surface area contributed by atoms with Gasteiger partial charge in [0.2, 0.25) is 0 Å². The highest BCUT2D eigenvalue weighted by atomic mass is 16.4. The van der Waals surface area contributed by atoms with Crippen LogP contribution in [0.25, 0.3) is 0 Å². The van der Waals surface area contributed by atoms with E-state index in [4.69, 9.17) is 5.11 Å². The van der Waals surface area contributed by atoms with E-state index in [1.54, 1.807) is 13.8 Å². The number of carbonyl (C=O) groups excluding carboxylic acids is 2. The van der Waals surface area contributed by atoms with E-state index in [0.717, 1.165) is 4.90 Å². The van der Waals surface area contributed by atoms with Gasteiger partial charge in [0.25, 0.3) is 5.91 Å². The van der Waals surface area contributed by atoms with Gasteiger partial charge in [-0.25, -0.2) is 4.79 Å². The molecule has 1 aliphatic rings. The van der Waals surface area contributed by atoms with Crippen LogP contribution in [-0.2, 0) is 9.59 Å². The van der Waals surface area contributed by atoms with E-state index in [9.17, 15) is 14.4 Å². The second-order valence-corrected chi connectivity index (χ2v) is 3.50. The van der Waals surface area contributed by atoms with Gasteiger partial charge in [-0.05, 0) is 5.92 Å². The summed E-state index contributed by atoms with van der Waals surface area (Å²) in [7, 11) is 0. The molecule has 3 amide bonds. The molecule has 0 aromatic rings. The molecular formula is C8H12N2O4. The fourth-order valence-electron chi connectivity index (χ4n) is 1.50. The Balaban J connectivity index is 2.83. The molecule has 6 nitrogen and oxygen atoms in total. The first-order valence-electron chi connectivity index (χ1n) is 4.26. The van der Waals surface area contributed by atoms with Crippen LogP contribution in [0.3, 0.4) is 0 Å². The molecule has 1 rings (SSSR count). The van der Waals surface area contributed by atoms with Gasteiger partial charge in [-0.1, -0.05) is 13.8 Å². The van der Waals surface area contributed by atoms with Crippen molar-refractivity contribution in [1.82, 2.24) is 10.2 Å². The smallest absolute Gasteiger partial charge is 0.325 e. The second kappa shape index (κ2) is 3.65. The molecule has 0 aliphatic carbocycles. The van der Waals surface area contributed by atoms with Crippen molar-refractivity contribution in [3.05, 3.63) is 0 Å². The first kappa shape index (κ1) is 10.5. The first-order valence-corrected chi connectivity index (χ1v) is 4.26. The zero-order valence-corrected chi connectivity index (χ0v) is 7.98. The van der Waals surface area contributed by atoms with Crippen LogP contribution in [0.5, 0.6) is 0 Å². The van der Waals surface area contributed by atoms with Gasteiger partial charge in [0, 0.05) is 0 Å². The molecule has 0 spiro atoms. The van der Waals surface area contributed by atoms with Crippen molar-refractivity contribution in [2.45, 2.75) is 19.9 Å². The van der Waals surface area contributed by atoms with E-state index in [0.29, 0.717) is 0 Å². The van der Waals surface area contributed by atoms with Gasteiger partial charge >= 0.3 is 12.0 Å². The highest BCUT2D eigenvalue weighted by Gasteiger charge is 2.40. The van der Waals surface area contributed by atoms with Gasteiger partial charge < -0.3 is 10.0 Å². The molecule has 0 bridgehead atoms. The van der Waals surface area contributed by atoms with E-state index in [-0.39, 0.29) is 5.92 Å². The largest absolute Gasteiger partial charge is 0.480 e. The van der Waals surface area contributed by atoms with E-state index in [1.165, 1.54) is 0 Å². The van der Waals surface area contributed by atoms with Gasteiger partial charge in [-0.3, -0.25) is 14.9 Å². The van der Waals surface area contributed by atoms with Gasteiger partial charge in [0.1, 0.15) is 12.6 Å². The maximum atomic E-state index is 11.3. The third-order valence-corrected chi connectivity index (χ3v) is 2.03. The summed E-state index contributed by atoms with van der Waals surface area (Å²) < 4.78 is 0. The van der Waals surface area contributed by atoms with Crippen molar-refractivity contribution in [2.75, 3.05) is 6.54 Å². The molecule has 0 aromatic heterocycles. The minimum atomic E-state index is -1.12. The van der Waals surface area contributed by atoms with Gasteiger partial charge in [-0.15, -0.1) is 0 Å². The minimum Gasteiger partial charge on any atom is -0.480 e. The zero-order valence-electron chi connectivity index (χ0n) is 7.98. The topological polar surface area (TPSA) is 86.7 Å². The fraction of sp³-hybridized carbons (Fsp3) is 0.625. The number of nitrogens with one attached hydrogen (secondary N) is 1. The molecule has 0 aromatic carbocycles. The third-order valence-electron chi connectivity index (χ3n) is 2.03. The van der Waals surface area contributed by atoms with Crippen molar-refractivity contribution in [1.29, 1.82) is 0 Å². The normalized spacial score (nSPS) is 21.6. The van der Waals surface area contributed by atoms with E-state index in [2.05, 4.69) is 5.32 Å². The minimum absolute atomic E-state index is 0.0965. The second-order valence-electron chi connectivity index (χ2n) is 3.50. The summed E-state index contributed by atoms with van der Waals surface area (Å²) in [5, 5.41) is 10.6. The van der Waals surface area contributed by atoms with Crippen molar-refractivity contribution < 1.29 is 19.5 Å². The highest BCUT2D eigenvalue weighted by molar-refractivity contribution is 6.05. The lowest BCUT2D eigenvalue weighted by Gasteiger charge is -2.22. The van der Waals surface area contributed by atoms with Crippen LogP contribution in [0.1, 0.15) is 13.8 Å². The third kappa shape index (κ3) is 1.84. The number of hydrogen-bond acceptors (Lipinski definition) is 3. The van der Waals surface area contributed by atoms with Crippen LogP contribution in [0.2, 0.25) is 0 Å². The molecule has 1 atom stereocenters. The Morgan fingerprint density at radius 1 is 1.57 bits per heavy atom. The predicted octanol–water partition coefficient (Wildman–Crippen LogP) is -0.353. The maximum absolute atomic E-state index is 11.3. The van der Waals surface area contributed by atoms with Gasteiger partial charge in [0.15, 0.2) is 0 Å². The summed E-state index contributed by atoms with van der Waals surface area (Å²) in [5.41, 5.74) is 0. The van der Waals surface area contributed by atoms with Crippen LogP contribution in [0.15, 0.2) is 0 Å². The van der Waals surface area contributed by atoms with Crippen molar-refractivity contribution >= 4 is 17.9 Å². The lowest BCUT2D eigenvalue weighted by Crippen LogP contribution is -2.41. The number of imide groups is 1. The van der Waals surface area contributed by atoms with E-state index >= 15 is 0 Å². The molecule has 1 saturated heterocycles. The lowest BCUT2D eigenvalue weighted by molar-refractivity contribution is -0.138. The van der Waals surface area contributed by atoms with Crippen molar-refractivity contribution in [3.8, 4) is 0 Å². The Kier molecular flexibility index (Phi) is 2.73. The molecule has 0 radical (unpaired) electrons. The molecule has 6 heteroatoms. The Bertz CT molecular complexity index is 287. The number of urea groups is 1. The number of amides is 3. The molecule has 1 unspecified atom stereocenters. The Morgan fingerprint density at radius 2 is 2.14 bits per heavy atom. The highest BCUT2D eigenvalue weighted by Crippen LogP contribution is 2.16. The van der Waals surface area contributed by atoms with Crippen molar-refractivity contribution in [2.24, 2.45) is 5.92 Å². The Labute approximate surface area is 80.9 Å². The van der Waals surface area contributed by atoms with Crippen LogP contribution in [-0.4, -0.2) is 40.5 Å². The SMILES string of the molecule is CC(C)C1C(=O)NC(=O)N1CC(=O)O. The number of aliphatic carboxylic acids is 1. The predicted molar refractivity (Wildman–Crippen MR) is 46.5 cm³/mol. The van der Waals surface area contributed by atoms with Crippen LogP contribution >= 0.6 is 0 Å². The summed E-state index contributed by atoms with van der Waals surface area (Å²) >= 11 is 0. The van der Waals surface area contributed by atoms with Gasteiger partial charge in [0.05, 0.1) is 0 Å². The van der Waals surface area contributed by atoms with Crippen LogP contribution in [0.4, 0.5) is 4.79 Å². The fourth-order valence-corrected chi connectivity index (χ4v) is 1.50. The Hall–Kier alpha value is -1.59. The molecule has 2 N–H and O–H groups in total. The van der Waals surface area contributed by atoms with E-state index < -0.39 is 30.5 Å². The average molecular weight is 200 g/mol. The quantitative estimate of drug-likeness (QED) is 0.609. The first-order chi connectivity index (χ1) is 6.43. The number of rotatable bonds is 3. The lowest BCUT2D eigenvalue weighted by atomic mass is 10.0. The number of carbonyl (C=O) groups is 3. The molecular weight excluding hydrogens is 188 g/mol. The van der Waals surface area contributed by atoms with E-state index in [1.807, 2.05) is 0 Å². The standard InChI is InChI=1S/C8H12N2O4/c1-4(2)6-7(13)9-8(14)10(6)3-5(11)12/h4,6H,3H2,1-2H3,(H,11,12)(H,9,13,14). The molecule has 1 fully saturated rings. The molecule has 14 heavy (non-hydrogen) atoms. The van der Waals surface area contributed by atoms with Crippen LogP contribution < -0.4 is 5.32 Å². The summed E-state index contributed by atoms with van der Waals surface area (Å²) in [4.78, 5) is 33.9. The summed E-state index contributed by atoms with van der Waals surface area (Å²) in [6.45, 7) is 3.08. The number of hydrogen-bond donors (Lipinski definition) is 2. The van der Waals surface area contributed by atoms with Gasteiger partial charge in [-0.2, -0.15) is 0 Å². The molecule has 1 aliphatic heterocycles. The average Bonchev–Trinajstić information content (AvgIpc) is 2.25. The summed E-state index contributed by atoms with van der Waals surface area (Å²) in [6, 6.07) is -1.30. The number of carboxylic acid groups (broad SMARTS) is 1. The number of nitrogens with zero attached hydrogens (tertiary/aromatic N) is 1. The zero-order chi connectivity index (χ0) is 10.9. The molecule has 78 valence electrons.